The van der Waals surface area contributed by atoms with Crippen molar-refractivity contribution in [2.45, 2.75) is 31.2 Å². The lowest BCUT2D eigenvalue weighted by Gasteiger charge is -2.28. The van der Waals surface area contributed by atoms with Crippen molar-refractivity contribution in [1.29, 1.82) is 0 Å². The maximum Gasteiger partial charge on any atom is 0.234 e. The van der Waals surface area contributed by atoms with Gasteiger partial charge in [-0.2, -0.15) is 0 Å². The number of hydrogen-bond donors (Lipinski definition) is 2. The molecule has 22 heavy (non-hydrogen) atoms. The van der Waals surface area contributed by atoms with Gasteiger partial charge in [0.05, 0.1) is 0 Å². The fourth-order valence-corrected chi connectivity index (χ4v) is 3.63. The van der Waals surface area contributed by atoms with Crippen molar-refractivity contribution in [3.05, 3.63) is 48.6 Å². The van der Waals surface area contributed by atoms with Gasteiger partial charge in [-0.05, 0) is 47.8 Å². The third-order valence-corrected chi connectivity index (χ3v) is 5.14. The van der Waals surface area contributed by atoms with Crippen LogP contribution in [0.15, 0.2) is 47.9 Å². The molecule has 1 aliphatic heterocycles. The van der Waals surface area contributed by atoms with E-state index in [9.17, 15) is 9.35 Å². The molecule has 1 aromatic carbocycles. The molecule has 4 nitrogen and oxygen atoms in total. The number of hydrazine groups is 1. The van der Waals surface area contributed by atoms with Crippen LogP contribution in [0.1, 0.15) is 25.8 Å². The van der Waals surface area contributed by atoms with E-state index in [1.807, 2.05) is 38.1 Å². The first-order chi connectivity index (χ1) is 10.5. The summed E-state index contributed by atoms with van der Waals surface area (Å²) in [6.07, 6.45) is 4.27. The molecule has 1 saturated heterocycles. The smallest absolute Gasteiger partial charge is 0.234 e. The van der Waals surface area contributed by atoms with Gasteiger partial charge in [-0.1, -0.05) is 31.7 Å². The van der Waals surface area contributed by atoms with E-state index in [-0.39, 0.29) is 17.9 Å². The molecule has 1 aliphatic rings. The highest BCUT2D eigenvalue weighted by molar-refractivity contribution is 7.91. The van der Waals surface area contributed by atoms with Gasteiger partial charge in [-0.25, -0.2) is 5.43 Å². The minimum Gasteiger partial charge on any atom is -0.611 e. The van der Waals surface area contributed by atoms with Gasteiger partial charge in [-0.15, -0.1) is 0 Å². The van der Waals surface area contributed by atoms with Crippen molar-refractivity contribution < 1.29 is 9.35 Å². The maximum absolute atomic E-state index is 12.3. The minimum absolute atomic E-state index is 0.0160. The first kappa shape index (κ1) is 16.8. The summed E-state index contributed by atoms with van der Waals surface area (Å²) in [6.45, 7) is 7.71. The molecule has 0 aliphatic carbocycles. The molecule has 3 unspecified atom stereocenters. The average Bonchev–Trinajstić information content (AvgIpc) is 2.50. The van der Waals surface area contributed by atoms with Crippen LogP contribution in [0, 0.1) is 5.92 Å². The molecule has 3 atom stereocenters. The molecule has 0 radical (unpaired) electrons. The van der Waals surface area contributed by atoms with E-state index in [0.717, 1.165) is 16.0 Å². The molecule has 5 heteroatoms. The standard InChI is InChI=1S/C17H22N2O2S/c1-4-9-22(21)16-8-6-5-7-14(16)12(2)10-15-13(3)11-17(20)19-18-15/h4-8,10,13,15,18H,1,9,11H2,2-3H3,(H,19,20)/b12-10+. The average molecular weight is 318 g/mol. The zero-order chi connectivity index (χ0) is 16.1. The second-order valence-corrected chi connectivity index (χ2v) is 7.01. The van der Waals surface area contributed by atoms with Gasteiger partial charge in [0, 0.05) is 18.0 Å². The van der Waals surface area contributed by atoms with E-state index in [0.29, 0.717) is 12.2 Å². The molecule has 118 valence electrons. The van der Waals surface area contributed by atoms with Gasteiger partial charge in [0.15, 0.2) is 4.90 Å². The van der Waals surface area contributed by atoms with E-state index in [1.54, 1.807) is 6.08 Å². The summed E-state index contributed by atoms with van der Waals surface area (Å²) in [5.41, 5.74) is 7.73. The lowest BCUT2D eigenvalue weighted by atomic mass is 9.93. The van der Waals surface area contributed by atoms with E-state index in [4.69, 9.17) is 0 Å². The summed E-state index contributed by atoms with van der Waals surface area (Å²) in [6, 6.07) is 7.79. The summed E-state index contributed by atoms with van der Waals surface area (Å²) in [7, 11) is 0. The number of benzene rings is 1. The number of amides is 1. The molecule has 0 aromatic heterocycles. The SMILES string of the molecule is C=CC[S+]([O-])c1ccccc1/C(C)=C/C1NNC(=O)CC1C. The maximum atomic E-state index is 12.3. The second kappa shape index (κ2) is 7.63. The summed E-state index contributed by atoms with van der Waals surface area (Å²) in [4.78, 5) is 12.2. The molecule has 0 bridgehead atoms. The van der Waals surface area contributed by atoms with Crippen LogP contribution < -0.4 is 10.9 Å². The summed E-state index contributed by atoms with van der Waals surface area (Å²) in [5.74, 6) is 0.676. The lowest BCUT2D eigenvalue weighted by Crippen LogP contribution is -2.52. The highest BCUT2D eigenvalue weighted by atomic mass is 32.2. The zero-order valence-electron chi connectivity index (χ0n) is 13.0. The largest absolute Gasteiger partial charge is 0.611 e. The minimum atomic E-state index is -1.09. The predicted molar refractivity (Wildman–Crippen MR) is 90.4 cm³/mol. The van der Waals surface area contributed by atoms with Crippen LogP contribution in [0.5, 0.6) is 0 Å². The Balaban J connectivity index is 2.25. The Labute approximate surface area is 134 Å². The molecule has 1 amide bonds. The highest BCUT2D eigenvalue weighted by Crippen LogP contribution is 2.26. The normalized spacial score (nSPS) is 23.8. The van der Waals surface area contributed by atoms with Crippen molar-refractivity contribution in [2.24, 2.45) is 5.92 Å². The predicted octanol–water partition coefficient (Wildman–Crippen LogP) is 2.41. The van der Waals surface area contributed by atoms with Gasteiger partial charge in [0.25, 0.3) is 0 Å². The van der Waals surface area contributed by atoms with E-state index in [1.165, 1.54) is 0 Å². The second-order valence-electron chi connectivity index (χ2n) is 5.55. The van der Waals surface area contributed by atoms with Crippen LogP contribution >= 0.6 is 0 Å². The summed E-state index contributed by atoms with van der Waals surface area (Å²) in [5, 5.41) is 0. The van der Waals surface area contributed by atoms with Gasteiger partial charge in [-0.3, -0.25) is 10.2 Å². The van der Waals surface area contributed by atoms with Crippen molar-refractivity contribution in [2.75, 3.05) is 5.75 Å². The number of hydrogen-bond acceptors (Lipinski definition) is 3. The van der Waals surface area contributed by atoms with Crippen LogP contribution in [-0.4, -0.2) is 22.3 Å². The molecular formula is C17H22N2O2S. The Morgan fingerprint density at radius 2 is 2.23 bits per heavy atom. The summed E-state index contributed by atoms with van der Waals surface area (Å²) < 4.78 is 12.3. The molecule has 1 fully saturated rings. The number of nitrogens with one attached hydrogen (secondary N) is 2. The number of carbonyl (C=O) groups excluding carboxylic acids is 1. The Hall–Kier alpha value is -1.56. The Morgan fingerprint density at radius 3 is 2.91 bits per heavy atom. The first-order valence-corrected chi connectivity index (χ1v) is 8.66. The van der Waals surface area contributed by atoms with Gasteiger partial charge >= 0.3 is 0 Å². The van der Waals surface area contributed by atoms with Crippen molar-refractivity contribution in [1.82, 2.24) is 10.9 Å². The fraction of sp³-hybridized carbons (Fsp3) is 0.353. The van der Waals surface area contributed by atoms with Crippen LogP contribution in [-0.2, 0) is 16.0 Å². The van der Waals surface area contributed by atoms with Gasteiger partial charge in [0.2, 0.25) is 5.91 Å². The van der Waals surface area contributed by atoms with Crippen molar-refractivity contribution in [3.8, 4) is 0 Å². The van der Waals surface area contributed by atoms with Crippen LogP contribution in [0.2, 0.25) is 0 Å². The first-order valence-electron chi connectivity index (χ1n) is 7.34. The molecule has 2 N–H and O–H groups in total. The van der Waals surface area contributed by atoms with Crippen LogP contribution in [0.25, 0.3) is 5.57 Å². The molecule has 0 saturated carbocycles. The highest BCUT2D eigenvalue weighted by Gasteiger charge is 2.24. The van der Waals surface area contributed by atoms with Crippen LogP contribution in [0.4, 0.5) is 0 Å². The molecular weight excluding hydrogens is 296 g/mol. The Kier molecular flexibility index (Phi) is 5.83. The van der Waals surface area contributed by atoms with Crippen LogP contribution in [0.3, 0.4) is 0 Å². The van der Waals surface area contributed by atoms with Gasteiger partial charge < -0.3 is 4.55 Å². The molecule has 2 rings (SSSR count). The van der Waals surface area contributed by atoms with E-state index >= 15 is 0 Å². The van der Waals surface area contributed by atoms with Crippen molar-refractivity contribution >= 4 is 22.7 Å². The van der Waals surface area contributed by atoms with Crippen molar-refractivity contribution in [3.63, 3.8) is 0 Å². The fourth-order valence-electron chi connectivity index (χ4n) is 2.53. The third-order valence-electron chi connectivity index (χ3n) is 3.75. The lowest BCUT2D eigenvalue weighted by molar-refractivity contribution is -0.125. The topological polar surface area (TPSA) is 64.2 Å². The molecule has 1 aromatic rings. The number of carbonyl (C=O) groups is 1. The quantitative estimate of drug-likeness (QED) is 0.647. The molecule has 0 spiro atoms. The van der Waals surface area contributed by atoms with E-state index < -0.39 is 11.2 Å². The van der Waals surface area contributed by atoms with E-state index in [2.05, 4.69) is 23.5 Å². The number of rotatable bonds is 5. The Bertz CT molecular complexity index is 586. The number of allylic oxidation sites excluding steroid dienone is 1. The molecule has 1 heterocycles. The van der Waals surface area contributed by atoms with Gasteiger partial charge in [0.1, 0.15) is 5.75 Å². The zero-order valence-corrected chi connectivity index (χ0v) is 13.8. The Morgan fingerprint density at radius 1 is 1.50 bits per heavy atom. The summed E-state index contributed by atoms with van der Waals surface area (Å²) >= 11 is -1.09. The monoisotopic (exact) mass is 318 g/mol. The third kappa shape index (κ3) is 4.00.